The van der Waals surface area contributed by atoms with E-state index in [4.69, 9.17) is 28.3 Å². The number of halogens is 1. The van der Waals surface area contributed by atoms with E-state index < -0.39 is 34.8 Å². The van der Waals surface area contributed by atoms with Crippen LogP contribution in [0.2, 0.25) is 5.02 Å². The molecular formula is C24H27ClN10O6. The predicted molar refractivity (Wildman–Crippen MR) is 155 cm³/mol. The molecule has 0 aliphatic carbocycles. The first-order chi connectivity index (χ1) is 19.5. The normalized spacial score (nSPS) is 12.1. The Morgan fingerprint density at radius 3 is 2.56 bits per heavy atom. The lowest BCUT2D eigenvalue weighted by Gasteiger charge is -2.18. The van der Waals surface area contributed by atoms with Gasteiger partial charge in [0.1, 0.15) is 17.5 Å². The van der Waals surface area contributed by atoms with Gasteiger partial charge in [0.2, 0.25) is 11.8 Å². The van der Waals surface area contributed by atoms with Gasteiger partial charge in [0.25, 0.3) is 5.96 Å². The maximum atomic E-state index is 13.0. The van der Waals surface area contributed by atoms with Gasteiger partial charge in [-0.2, -0.15) is 5.10 Å². The molecule has 2 aromatic rings. The van der Waals surface area contributed by atoms with Gasteiger partial charge in [0.15, 0.2) is 5.03 Å². The third-order valence-electron chi connectivity index (χ3n) is 5.14. The molecule has 41 heavy (non-hydrogen) atoms. The molecule has 0 bridgehead atoms. The monoisotopic (exact) mass is 586 g/mol. The number of nitrogens with one attached hydrogen (secondary N) is 3. The lowest BCUT2D eigenvalue weighted by atomic mass is 10.1. The van der Waals surface area contributed by atoms with E-state index in [1.165, 1.54) is 42.8 Å². The molecule has 16 nitrogen and oxygen atoms in total. The molecule has 0 radical (unpaired) electrons. The Balaban J connectivity index is 2.18. The Kier molecular flexibility index (Phi) is 12.4. The molecule has 0 unspecified atom stereocenters. The molecular weight excluding hydrogens is 560 g/mol. The van der Waals surface area contributed by atoms with Crippen LogP contribution < -0.4 is 32.5 Å². The van der Waals surface area contributed by atoms with Crippen LogP contribution in [-0.4, -0.2) is 59.5 Å². The van der Waals surface area contributed by atoms with Crippen molar-refractivity contribution in [2.75, 3.05) is 16.9 Å². The van der Waals surface area contributed by atoms with Gasteiger partial charge in [-0.3, -0.25) is 14.6 Å². The Morgan fingerprint density at radius 1 is 1.22 bits per heavy atom. The molecule has 0 saturated carbocycles. The van der Waals surface area contributed by atoms with E-state index in [9.17, 15) is 24.5 Å². The van der Waals surface area contributed by atoms with Crippen molar-refractivity contribution in [1.82, 2.24) is 10.6 Å². The number of carboxylic acid groups (broad SMARTS) is 1. The molecule has 0 heterocycles. The van der Waals surface area contributed by atoms with E-state index in [-0.39, 0.29) is 24.9 Å². The Hall–Kier alpha value is -5.35. The van der Waals surface area contributed by atoms with Crippen molar-refractivity contribution in [2.24, 2.45) is 26.9 Å². The maximum Gasteiger partial charge on any atom is 0.335 e. The van der Waals surface area contributed by atoms with Crippen LogP contribution in [0.25, 0.3) is 6.08 Å². The highest BCUT2D eigenvalue weighted by molar-refractivity contribution is 6.30. The molecule has 17 heteroatoms. The van der Waals surface area contributed by atoms with Crippen molar-refractivity contribution in [3.63, 3.8) is 0 Å². The molecule has 2 amide bonds. The second-order valence-corrected chi connectivity index (χ2v) is 8.48. The van der Waals surface area contributed by atoms with Gasteiger partial charge in [-0.25, -0.2) is 20.8 Å². The van der Waals surface area contributed by atoms with Gasteiger partial charge in [-0.05, 0) is 61.4 Å². The lowest BCUT2D eigenvalue weighted by Crippen LogP contribution is -2.44. The molecule has 8 N–H and O–H groups in total. The summed E-state index contributed by atoms with van der Waals surface area (Å²) in [5, 5.41) is 37.6. The summed E-state index contributed by atoms with van der Waals surface area (Å²) >= 11 is 6.09. The third-order valence-corrected chi connectivity index (χ3v) is 5.37. The standard InChI is InChI=1S/C24H27ClN10O6/c1-28-30-14-34(27)20-10-7-17(25)13-16(20)6-11-21(36)32-19(3-2-12-29-24(26)33-35(40)41)22(37)31-18-8-4-15(5-9-18)23(38)39/h4-11,13-14,19H,1-3,12,27H2,(H,31,37)(H,32,36)(H,38,39)(H3,26,29,33)/b11-6+,30-14-/t19-/m0/s1. The fourth-order valence-corrected chi connectivity index (χ4v) is 3.45. The number of carbonyl (C=O) groups is 3. The van der Waals surface area contributed by atoms with E-state index in [0.717, 1.165) is 5.01 Å². The molecule has 0 spiro atoms. The molecule has 0 aliphatic rings. The van der Waals surface area contributed by atoms with Crippen molar-refractivity contribution in [2.45, 2.75) is 18.9 Å². The van der Waals surface area contributed by atoms with Crippen molar-refractivity contribution in [3.05, 3.63) is 74.8 Å². The van der Waals surface area contributed by atoms with E-state index in [0.29, 0.717) is 22.0 Å². The van der Waals surface area contributed by atoms with Gasteiger partial charge in [-0.15, -0.1) is 5.10 Å². The smallest absolute Gasteiger partial charge is 0.335 e. The number of anilines is 2. The number of benzene rings is 2. The van der Waals surface area contributed by atoms with Crippen molar-refractivity contribution in [3.8, 4) is 0 Å². The molecule has 0 aromatic heterocycles. The van der Waals surface area contributed by atoms with Crippen molar-refractivity contribution >= 4 is 65.9 Å². The highest BCUT2D eigenvalue weighted by atomic mass is 35.5. The first-order valence-electron chi connectivity index (χ1n) is 11.7. The predicted octanol–water partition coefficient (Wildman–Crippen LogP) is 1.38. The summed E-state index contributed by atoms with van der Waals surface area (Å²) in [7, 11) is 0. The zero-order valence-corrected chi connectivity index (χ0v) is 22.2. The quantitative estimate of drug-likeness (QED) is 0.0353. The van der Waals surface area contributed by atoms with Crippen LogP contribution in [0.4, 0.5) is 11.4 Å². The number of hydrogen-bond acceptors (Lipinski definition) is 8. The largest absolute Gasteiger partial charge is 0.478 e. The number of hydrogen-bond donors (Lipinski definition) is 6. The second kappa shape index (κ2) is 15.9. The van der Waals surface area contributed by atoms with Crippen LogP contribution in [0.3, 0.4) is 0 Å². The fourth-order valence-electron chi connectivity index (χ4n) is 3.27. The minimum Gasteiger partial charge on any atom is -0.478 e. The number of amides is 2. The molecule has 0 fully saturated rings. The van der Waals surface area contributed by atoms with E-state index in [1.807, 2.05) is 0 Å². The molecule has 2 aromatic carbocycles. The summed E-state index contributed by atoms with van der Waals surface area (Å²) in [6, 6.07) is 9.12. The number of carboxylic acids is 1. The summed E-state index contributed by atoms with van der Waals surface area (Å²) < 4.78 is 0. The van der Waals surface area contributed by atoms with Gasteiger partial charge >= 0.3 is 5.97 Å². The summed E-state index contributed by atoms with van der Waals surface area (Å²) in [5.41, 5.74) is 6.61. The minimum atomic E-state index is -1.13. The molecule has 216 valence electrons. The minimum absolute atomic E-state index is 0.0292. The number of guanidine groups is 1. The highest BCUT2D eigenvalue weighted by Crippen LogP contribution is 2.23. The molecule has 0 saturated heterocycles. The number of nitrogens with zero attached hydrogens (tertiary/aromatic N) is 5. The third kappa shape index (κ3) is 11.1. The molecule has 2 rings (SSSR count). The van der Waals surface area contributed by atoms with Crippen molar-refractivity contribution in [1.29, 1.82) is 0 Å². The maximum absolute atomic E-state index is 13.0. The zero-order chi connectivity index (χ0) is 30.4. The summed E-state index contributed by atoms with van der Waals surface area (Å²) in [4.78, 5) is 47.3. The molecule has 0 aliphatic heterocycles. The Bertz CT molecular complexity index is 1360. The van der Waals surface area contributed by atoms with E-state index >= 15 is 0 Å². The molecule has 1 atom stereocenters. The highest BCUT2D eigenvalue weighted by Gasteiger charge is 2.20. The van der Waals surface area contributed by atoms with Crippen LogP contribution >= 0.6 is 11.6 Å². The lowest BCUT2D eigenvalue weighted by molar-refractivity contribution is -0.485. The topological polar surface area (TPSA) is 243 Å². The SMILES string of the molecule is C=N/N=C\N(N)c1ccc(Cl)cc1/C=C/C(=O)N[C@@H](CCCN/C(N)=N\[N+](=O)[O-])C(=O)Nc1ccc(C(=O)O)cc1. The van der Waals surface area contributed by atoms with E-state index in [2.05, 4.69) is 38.0 Å². The van der Waals surface area contributed by atoms with Crippen LogP contribution in [0.5, 0.6) is 0 Å². The first-order valence-corrected chi connectivity index (χ1v) is 12.1. The van der Waals surface area contributed by atoms with Crippen LogP contribution in [-0.2, 0) is 9.59 Å². The van der Waals surface area contributed by atoms with Gasteiger partial charge in [0, 0.05) is 35.6 Å². The number of nitrogens with two attached hydrogens (primary N) is 2. The number of carbonyl (C=O) groups excluding carboxylic acids is 2. The average molecular weight is 587 g/mol. The second-order valence-electron chi connectivity index (χ2n) is 8.04. The fraction of sp³-hybridized carbons (Fsp3) is 0.167. The zero-order valence-electron chi connectivity index (χ0n) is 21.4. The summed E-state index contributed by atoms with van der Waals surface area (Å²) in [6.07, 6.45) is 4.16. The Labute approximate surface area is 238 Å². The number of nitro groups is 1. The number of hydrazone groups is 1. The summed E-state index contributed by atoms with van der Waals surface area (Å²) in [5.74, 6) is 3.18. The van der Waals surface area contributed by atoms with Crippen LogP contribution in [0.1, 0.15) is 28.8 Å². The van der Waals surface area contributed by atoms with E-state index in [1.54, 1.807) is 18.2 Å². The average Bonchev–Trinajstić information content (AvgIpc) is 2.92. The van der Waals surface area contributed by atoms with Crippen LogP contribution in [0.15, 0.2) is 63.8 Å². The van der Waals surface area contributed by atoms with Crippen LogP contribution in [0, 0.1) is 10.1 Å². The van der Waals surface area contributed by atoms with Crippen molar-refractivity contribution < 1.29 is 24.5 Å². The van der Waals surface area contributed by atoms with Gasteiger partial charge in [0.05, 0.1) is 11.3 Å². The van der Waals surface area contributed by atoms with Gasteiger partial charge in [-0.1, -0.05) is 11.6 Å². The number of hydrazine groups is 1. The number of aromatic carboxylic acids is 1. The first kappa shape index (κ1) is 31.9. The Morgan fingerprint density at radius 2 is 1.93 bits per heavy atom. The van der Waals surface area contributed by atoms with Gasteiger partial charge < -0.3 is 26.8 Å². The summed E-state index contributed by atoms with van der Waals surface area (Å²) in [6.45, 7) is 3.35. The number of rotatable bonds is 14.